The van der Waals surface area contributed by atoms with E-state index in [2.05, 4.69) is 31.2 Å². The summed E-state index contributed by atoms with van der Waals surface area (Å²) in [5.74, 6) is -4.36. The molecule has 626 valence electrons. The minimum atomic E-state index is -4.89. The van der Waals surface area contributed by atoms with Gasteiger partial charge in [0.1, 0.15) is 27.8 Å². The van der Waals surface area contributed by atoms with Crippen molar-refractivity contribution in [3.05, 3.63) is 140 Å². The predicted molar refractivity (Wildman–Crippen MR) is 404 cm³/mol. The van der Waals surface area contributed by atoms with Gasteiger partial charge in [-0.15, -0.1) is 22.7 Å². The first-order chi connectivity index (χ1) is 53.3. The van der Waals surface area contributed by atoms with E-state index < -0.39 is 122 Å². The lowest BCUT2D eigenvalue weighted by atomic mass is 9.79. The molecule has 4 atom stereocenters. The summed E-state index contributed by atoms with van der Waals surface area (Å²) < 4.78 is 188. The Morgan fingerprint density at radius 2 is 0.947 bits per heavy atom. The van der Waals surface area contributed by atoms with Crippen molar-refractivity contribution in [2.75, 3.05) is 125 Å². The number of carbonyl (C=O) groups is 7. The van der Waals surface area contributed by atoms with Gasteiger partial charge in [0.2, 0.25) is 11.2 Å². The molecule has 0 saturated carbocycles. The normalized spacial score (nSPS) is 19.3. The number of halogens is 12. The molecule has 114 heavy (non-hydrogen) atoms. The van der Waals surface area contributed by atoms with Crippen molar-refractivity contribution >= 4 is 87.1 Å². The number of ether oxygens (including phenoxy) is 4. The number of hydrogen-bond acceptors (Lipinski definition) is 18. The summed E-state index contributed by atoms with van der Waals surface area (Å²) in [6.45, 7) is 8.21. The molecule has 4 aromatic heterocycles. The monoisotopic (exact) mass is 1660 g/mol. The van der Waals surface area contributed by atoms with Crippen molar-refractivity contribution < 1.29 is 110 Å². The van der Waals surface area contributed by atoms with Gasteiger partial charge in [0, 0.05) is 146 Å². The molecule has 5 aliphatic rings. The number of alkyl halides is 12. The number of thiophene rings is 2. The Morgan fingerprint density at radius 1 is 0.544 bits per heavy atom. The van der Waals surface area contributed by atoms with Crippen LogP contribution < -0.4 is 40.5 Å². The van der Waals surface area contributed by atoms with Crippen molar-refractivity contribution in [1.82, 2.24) is 40.2 Å². The fourth-order valence-corrected chi connectivity index (χ4v) is 15.5. The first kappa shape index (κ1) is 91.5. The number of urea groups is 2. The van der Waals surface area contributed by atoms with E-state index >= 15 is 0 Å². The van der Waals surface area contributed by atoms with Gasteiger partial charge in [-0.25, -0.2) is 9.59 Å². The molecule has 6 aromatic rings. The first-order valence-corrected chi connectivity index (χ1v) is 38.1. The Kier molecular flexibility index (Phi) is 32.5. The number of nitrogens with zero attached hydrogens (tertiary/aromatic N) is 8. The van der Waals surface area contributed by atoms with Crippen LogP contribution in [0.15, 0.2) is 108 Å². The van der Waals surface area contributed by atoms with E-state index in [0.717, 1.165) is 60.9 Å². The number of likely N-dealkylation sites (tertiary alicyclic amines) is 2. The number of piperidine rings is 2. The van der Waals surface area contributed by atoms with Gasteiger partial charge in [-0.1, -0.05) is 65.8 Å². The SMILES string of the molecule is C.C.C1CCOC1.CCC[C@H]1N(C(=O)c2cnccc2C(F)(F)F)CCC[C@@]1(Oc1csc(C(F)(F)F)c1)C(=O)N1CCN(c2ccccc2NC(=O)NCC(=O)OCC)CC1.CCC[C@H]1N(C(=O)c2cnccc2C(F)(F)F)CCC[C@@]1(Oc1csc(C(F)(F)F)c1)C(=O)N1CCN(c2ccccc2NC(=O)NCCO)CC1. The maximum Gasteiger partial charge on any atom is 0.425 e. The van der Waals surface area contributed by atoms with Crippen molar-refractivity contribution in [2.24, 2.45) is 0 Å². The van der Waals surface area contributed by atoms with Gasteiger partial charge >= 0.3 is 42.7 Å². The zero-order chi connectivity index (χ0) is 81.2. The molecule has 8 amide bonds. The van der Waals surface area contributed by atoms with Crippen LogP contribution in [0.1, 0.15) is 141 Å². The molecule has 0 aliphatic carbocycles. The Balaban J connectivity index is 0.000000292. The fraction of sp³-hybridized carbons (Fsp3) is 0.513. The van der Waals surface area contributed by atoms with Crippen LogP contribution in [0, 0.1) is 0 Å². The minimum absolute atomic E-state index is 0. The van der Waals surface area contributed by atoms with Crippen LogP contribution in [-0.4, -0.2) is 205 Å². The molecule has 0 radical (unpaired) electrons. The Labute approximate surface area is 659 Å². The lowest BCUT2D eigenvalue weighted by molar-refractivity contribution is -0.160. The van der Waals surface area contributed by atoms with E-state index in [1.807, 2.05) is 9.80 Å². The van der Waals surface area contributed by atoms with Crippen LogP contribution in [-0.2, 0) is 48.6 Å². The number of piperazine rings is 2. The number of carbonyl (C=O) groups excluding carboxylic acids is 7. The average Bonchev–Trinajstić information content (AvgIpc) is 1.53. The van der Waals surface area contributed by atoms with E-state index in [4.69, 9.17) is 24.1 Å². The van der Waals surface area contributed by atoms with Gasteiger partial charge in [-0.05, 0) is 81.8 Å². The third kappa shape index (κ3) is 22.7. The summed E-state index contributed by atoms with van der Waals surface area (Å²) in [5.41, 5.74) is -5.55. The maximum atomic E-state index is 14.9. The first-order valence-electron chi connectivity index (χ1n) is 36.3. The van der Waals surface area contributed by atoms with Crippen molar-refractivity contribution in [2.45, 2.75) is 148 Å². The van der Waals surface area contributed by atoms with E-state index in [1.165, 1.54) is 32.4 Å². The second-order valence-corrected chi connectivity index (χ2v) is 28.4. The smallest absolute Gasteiger partial charge is 0.425 e. The molecule has 2 aromatic carbocycles. The summed E-state index contributed by atoms with van der Waals surface area (Å²) in [4.78, 5) is 109. The van der Waals surface area contributed by atoms with Crippen LogP contribution in [0.2, 0.25) is 0 Å². The number of aliphatic hydroxyl groups is 1. The zero-order valence-corrected chi connectivity index (χ0v) is 62.9. The number of anilines is 4. The van der Waals surface area contributed by atoms with Gasteiger partial charge in [0.05, 0.1) is 70.3 Å². The van der Waals surface area contributed by atoms with Crippen LogP contribution in [0.5, 0.6) is 11.5 Å². The number of pyridine rings is 2. The van der Waals surface area contributed by atoms with Crippen LogP contribution in [0.25, 0.3) is 0 Å². The van der Waals surface area contributed by atoms with Gasteiger partial charge in [0.15, 0.2) is 0 Å². The average molecular weight is 1660 g/mol. The summed E-state index contributed by atoms with van der Waals surface area (Å²) in [7, 11) is 0. The fourth-order valence-electron chi connectivity index (χ4n) is 14.1. The molecule has 9 heterocycles. The second-order valence-electron chi connectivity index (χ2n) is 26.6. The molecule has 5 saturated heterocycles. The number of aliphatic hydroxyl groups excluding tert-OH is 1. The highest BCUT2D eigenvalue weighted by molar-refractivity contribution is 7.10. The number of benzene rings is 2. The highest BCUT2D eigenvalue weighted by Gasteiger charge is 2.58. The molecule has 5 aliphatic heterocycles. The number of aromatic nitrogens is 2. The summed E-state index contributed by atoms with van der Waals surface area (Å²) >= 11 is 0.751. The molecule has 24 nitrogen and oxygen atoms in total. The third-order valence-electron chi connectivity index (χ3n) is 19.2. The molecule has 11 rings (SSSR count). The van der Waals surface area contributed by atoms with Crippen molar-refractivity contribution in [3.63, 3.8) is 0 Å². The Morgan fingerprint density at radius 3 is 1.30 bits per heavy atom. The lowest BCUT2D eigenvalue weighted by Crippen LogP contribution is -2.69. The van der Waals surface area contributed by atoms with E-state index in [1.54, 1.807) is 69.3 Å². The molecule has 5 fully saturated rings. The molecular formula is C76H94F12N12O12S2. The van der Waals surface area contributed by atoms with Crippen LogP contribution >= 0.6 is 22.7 Å². The molecular weight excluding hydrogens is 1570 g/mol. The predicted octanol–water partition coefficient (Wildman–Crippen LogP) is 14.4. The second kappa shape index (κ2) is 40.5. The summed E-state index contributed by atoms with van der Waals surface area (Å²) in [5, 5.41) is 21.7. The summed E-state index contributed by atoms with van der Waals surface area (Å²) in [6.07, 6.45) is -12.0. The van der Waals surface area contributed by atoms with E-state index in [-0.39, 0.29) is 157 Å². The van der Waals surface area contributed by atoms with Crippen LogP contribution in [0.4, 0.5) is 85.0 Å². The number of nitrogens with one attached hydrogen (secondary N) is 4. The molecule has 5 N–H and O–H groups in total. The quantitative estimate of drug-likeness (QED) is 0.0331. The number of amides is 8. The van der Waals surface area contributed by atoms with Crippen molar-refractivity contribution in [3.8, 4) is 11.5 Å². The summed E-state index contributed by atoms with van der Waals surface area (Å²) in [6, 6.07) is 13.3. The Bertz CT molecular complexity index is 4180. The van der Waals surface area contributed by atoms with Crippen LogP contribution in [0.3, 0.4) is 0 Å². The minimum Gasteiger partial charge on any atom is -0.474 e. The molecule has 0 bridgehead atoms. The zero-order valence-electron chi connectivity index (χ0n) is 61.3. The highest BCUT2D eigenvalue weighted by atomic mass is 32.1. The van der Waals surface area contributed by atoms with Gasteiger partial charge < -0.3 is 74.7 Å². The van der Waals surface area contributed by atoms with Gasteiger partial charge in [0.25, 0.3) is 23.6 Å². The van der Waals surface area contributed by atoms with E-state index in [9.17, 15) is 86.2 Å². The molecule has 0 spiro atoms. The molecule has 0 unspecified atom stereocenters. The largest absolute Gasteiger partial charge is 0.474 e. The standard InChI is InChI=1S/C36H40F6N6O6S.C34H38F6N6O5S.C4H8O.2CH4/c1-3-8-28-34(54-23-19-29(55-22-23)36(40,41)42,12-7-14-48(28)31(50)24-20-43-13-11-25(24)35(37,38)39)32(51)47-17-15-46(16-18-47)27-10-6-5-9-26(27)45-33(52)44-21-30(49)53-4-2;1-2-6-27-32(51-22-19-28(52-21-22)34(38,39)40,10-5-13-46(27)29(48)23-20-41-11-9-24(23)33(35,36)37)30(49)45-16-14-44(15-17-45)26-8-4-3-7-25(26)43-31(50)42-12-18-47;1-2-4-5-3-1;;/h5-6,9-11,13,19-20,22,28H,3-4,7-8,12,14-18,21H2,1-2H3,(H2,44,45,52);3-4,7-9,11,19-21,27,47H,2,5-6,10,12-18H2,1H3,(H2,42,43,50);1-4H2;2*1H4/t28-,34+;27-,32+;;;/m11.../s1. The van der Waals surface area contributed by atoms with E-state index in [0.29, 0.717) is 70.4 Å². The molecule has 38 heteroatoms. The van der Waals surface area contributed by atoms with Gasteiger partial charge in [-0.3, -0.25) is 33.9 Å². The number of esters is 1. The maximum absolute atomic E-state index is 14.9. The third-order valence-corrected chi connectivity index (χ3v) is 21.1. The lowest BCUT2D eigenvalue weighted by Gasteiger charge is -2.51. The number of hydrogen-bond donors (Lipinski definition) is 5. The highest BCUT2D eigenvalue weighted by Crippen LogP contribution is 2.46. The number of para-hydroxylation sites is 4. The van der Waals surface area contributed by atoms with Crippen molar-refractivity contribution in [1.29, 1.82) is 0 Å². The number of rotatable bonds is 21. The van der Waals surface area contributed by atoms with Gasteiger partial charge in [-0.2, -0.15) is 52.7 Å². The Hall–Kier alpha value is -9.69. The topological polar surface area (TPSA) is 270 Å².